The number of rotatable bonds is 9. The van der Waals surface area contributed by atoms with Crippen molar-refractivity contribution in [3.8, 4) is 33.4 Å². The third kappa shape index (κ3) is 7.01. The highest BCUT2D eigenvalue weighted by Gasteiger charge is 2.25. The summed E-state index contributed by atoms with van der Waals surface area (Å²) < 4.78 is 6.77. The summed E-state index contributed by atoms with van der Waals surface area (Å²) >= 11 is 0. The Morgan fingerprint density at radius 1 is 0.403 bits per heavy atom. The van der Waals surface area contributed by atoms with Gasteiger partial charge in [-0.2, -0.15) is 0 Å². The van der Waals surface area contributed by atoms with Crippen LogP contribution in [0.5, 0.6) is 0 Å². The van der Waals surface area contributed by atoms with Gasteiger partial charge in [0.05, 0.1) is 0 Å². The van der Waals surface area contributed by atoms with Crippen molar-refractivity contribution < 1.29 is 4.42 Å². The van der Waals surface area contributed by atoms with Gasteiger partial charge >= 0.3 is 0 Å². The van der Waals surface area contributed by atoms with Crippen molar-refractivity contribution in [3.05, 3.63) is 247 Å². The Bertz CT molecular complexity index is 3130. The van der Waals surface area contributed by atoms with Crippen molar-refractivity contribution in [2.24, 2.45) is 9.98 Å². The zero-order valence-corrected chi connectivity index (χ0v) is 33.8. The standard InChI is InChI=1S/C57H40N4O/c1-5-15-39(16-6-1)41-25-31-46(32-26-41)61(47-33-27-42(28-34-47)40-17-7-2-8-18-40)48-35-29-43(30-36-48)49-37-38-51(53-50-23-13-14-24-52(50)62-54(49)53)57-59-55(44-19-9-3-10-20-44)58-56(60-57)45-21-11-4-12-22-45/h1-38,55H,(H,58,59,60). The maximum Gasteiger partial charge on any atom is 0.160 e. The van der Waals surface area contributed by atoms with Gasteiger partial charge in [0.25, 0.3) is 0 Å². The number of anilines is 3. The molecule has 0 bridgehead atoms. The van der Waals surface area contributed by atoms with Gasteiger partial charge in [0.15, 0.2) is 5.84 Å². The number of nitrogens with zero attached hydrogens (tertiary/aromatic N) is 3. The van der Waals surface area contributed by atoms with E-state index in [9.17, 15) is 0 Å². The van der Waals surface area contributed by atoms with Crippen molar-refractivity contribution in [3.63, 3.8) is 0 Å². The van der Waals surface area contributed by atoms with Gasteiger partial charge in [-0.15, -0.1) is 0 Å². The number of hydrogen-bond donors (Lipinski definition) is 1. The van der Waals surface area contributed by atoms with Crippen LogP contribution < -0.4 is 10.2 Å². The van der Waals surface area contributed by atoms with E-state index in [0.29, 0.717) is 5.84 Å². The lowest BCUT2D eigenvalue weighted by atomic mass is 9.97. The first-order valence-corrected chi connectivity index (χ1v) is 20.9. The van der Waals surface area contributed by atoms with Crippen LogP contribution in [-0.4, -0.2) is 11.7 Å². The Morgan fingerprint density at radius 2 is 0.855 bits per heavy atom. The Balaban J connectivity index is 1.01. The minimum absolute atomic E-state index is 0.314. The zero-order chi connectivity index (χ0) is 41.2. The van der Waals surface area contributed by atoms with E-state index in [-0.39, 0.29) is 6.17 Å². The first-order chi connectivity index (χ1) is 30.7. The Kier molecular flexibility index (Phi) is 9.52. The summed E-state index contributed by atoms with van der Waals surface area (Å²) in [5, 5.41) is 5.61. The lowest BCUT2D eigenvalue weighted by Crippen LogP contribution is -2.33. The molecule has 1 aliphatic rings. The number of hydrogen-bond acceptors (Lipinski definition) is 5. The summed E-state index contributed by atoms with van der Waals surface area (Å²) in [5.41, 5.74) is 14.6. The first kappa shape index (κ1) is 36.8. The molecule has 0 spiro atoms. The fourth-order valence-electron chi connectivity index (χ4n) is 8.46. The molecule has 0 saturated heterocycles. The second-order valence-electron chi connectivity index (χ2n) is 15.4. The SMILES string of the molecule is c1ccc(C2=NC(c3ccc(-c4ccc(N(c5ccc(-c6ccccc6)cc5)c5ccc(-c6ccccc6)cc5)cc4)c4oc5ccccc5c34)=NC(c3ccccc3)N2)cc1. The Morgan fingerprint density at radius 3 is 1.42 bits per heavy atom. The largest absolute Gasteiger partial charge is 0.455 e. The number of aliphatic imine (C=N–C) groups is 2. The van der Waals surface area contributed by atoms with Gasteiger partial charge in [-0.1, -0.05) is 176 Å². The number of para-hydroxylation sites is 1. The highest BCUT2D eigenvalue weighted by molar-refractivity contribution is 6.23. The van der Waals surface area contributed by atoms with Gasteiger partial charge in [-0.3, -0.25) is 0 Å². The molecule has 9 aromatic carbocycles. The molecule has 62 heavy (non-hydrogen) atoms. The summed E-state index contributed by atoms with van der Waals surface area (Å²) in [7, 11) is 0. The summed E-state index contributed by atoms with van der Waals surface area (Å²) in [6, 6.07) is 80.5. The fraction of sp³-hybridized carbons (Fsp3) is 0.0175. The molecule has 0 amide bonds. The number of nitrogens with one attached hydrogen (secondary N) is 1. The second-order valence-corrected chi connectivity index (χ2v) is 15.4. The van der Waals surface area contributed by atoms with Crippen LogP contribution in [-0.2, 0) is 0 Å². The van der Waals surface area contributed by atoms with Gasteiger partial charge in [0.1, 0.15) is 23.2 Å². The molecule has 1 unspecified atom stereocenters. The topological polar surface area (TPSA) is 53.1 Å². The van der Waals surface area contributed by atoms with Crippen LogP contribution >= 0.6 is 0 Å². The van der Waals surface area contributed by atoms with E-state index in [1.165, 1.54) is 22.3 Å². The molecule has 0 aliphatic carbocycles. The van der Waals surface area contributed by atoms with E-state index < -0.39 is 0 Å². The molecule has 11 rings (SSSR count). The molecule has 5 nitrogen and oxygen atoms in total. The fourth-order valence-corrected chi connectivity index (χ4v) is 8.46. The molecular weight excluding hydrogens is 757 g/mol. The molecule has 2 heterocycles. The van der Waals surface area contributed by atoms with Crippen molar-refractivity contribution in [2.75, 3.05) is 4.90 Å². The average molecular weight is 797 g/mol. The summed E-state index contributed by atoms with van der Waals surface area (Å²) in [4.78, 5) is 12.7. The summed E-state index contributed by atoms with van der Waals surface area (Å²) in [6.45, 7) is 0. The predicted molar refractivity (Wildman–Crippen MR) is 257 cm³/mol. The Hall–Kier alpha value is -8.28. The van der Waals surface area contributed by atoms with Gasteiger partial charge in [-0.25, -0.2) is 9.98 Å². The van der Waals surface area contributed by atoms with E-state index >= 15 is 0 Å². The van der Waals surface area contributed by atoms with Crippen LogP contribution in [0.25, 0.3) is 55.3 Å². The van der Waals surface area contributed by atoms with Crippen molar-refractivity contribution in [2.45, 2.75) is 6.17 Å². The van der Waals surface area contributed by atoms with E-state index in [2.05, 4.69) is 192 Å². The van der Waals surface area contributed by atoms with Crippen LogP contribution in [0.3, 0.4) is 0 Å². The maximum atomic E-state index is 6.77. The molecule has 10 aromatic rings. The second kappa shape index (κ2) is 16.1. The molecule has 5 heteroatoms. The van der Waals surface area contributed by atoms with Crippen molar-refractivity contribution in [1.82, 2.24) is 5.32 Å². The van der Waals surface area contributed by atoms with E-state index in [1.54, 1.807) is 0 Å². The van der Waals surface area contributed by atoms with E-state index in [0.717, 1.165) is 72.7 Å². The molecule has 0 radical (unpaired) electrons. The lowest BCUT2D eigenvalue weighted by molar-refractivity contribution is 0.669. The van der Waals surface area contributed by atoms with Gasteiger partial charge < -0.3 is 14.6 Å². The third-order valence-corrected chi connectivity index (χ3v) is 11.6. The number of benzene rings is 9. The number of amidine groups is 2. The summed E-state index contributed by atoms with van der Waals surface area (Å²) in [6.07, 6.45) is -0.314. The van der Waals surface area contributed by atoms with Gasteiger partial charge in [-0.05, 0) is 88.0 Å². The van der Waals surface area contributed by atoms with Gasteiger partial charge in [0.2, 0.25) is 0 Å². The maximum absolute atomic E-state index is 6.77. The number of fused-ring (bicyclic) bond motifs is 3. The quantitative estimate of drug-likeness (QED) is 0.158. The monoisotopic (exact) mass is 796 g/mol. The minimum atomic E-state index is -0.314. The molecule has 1 aromatic heterocycles. The van der Waals surface area contributed by atoms with Crippen LogP contribution in [0, 0.1) is 0 Å². The zero-order valence-electron chi connectivity index (χ0n) is 33.8. The van der Waals surface area contributed by atoms with Crippen molar-refractivity contribution >= 4 is 50.7 Å². The smallest absolute Gasteiger partial charge is 0.160 e. The third-order valence-electron chi connectivity index (χ3n) is 11.6. The first-order valence-electron chi connectivity index (χ1n) is 20.9. The molecule has 1 N–H and O–H groups in total. The summed E-state index contributed by atoms with van der Waals surface area (Å²) in [5.74, 6) is 1.43. The lowest BCUT2D eigenvalue weighted by Gasteiger charge is -2.26. The highest BCUT2D eigenvalue weighted by atomic mass is 16.3. The van der Waals surface area contributed by atoms with Crippen LogP contribution in [0.15, 0.2) is 245 Å². The van der Waals surface area contributed by atoms with Crippen LogP contribution in [0.1, 0.15) is 22.9 Å². The predicted octanol–water partition coefficient (Wildman–Crippen LogP) is 14.6. The van der Waals surface area contributed by atoms with Gasteiger partial charge in [0, 0.05) is 44.5 Å². The molecule has 1 atom stereocenters. The molecule has 0 fully saturated rings. The number of furan rings is 1. The van der Waals surface area contributed by atoms with Crippen LogP contribution in [0.4, 0.5) is 17.1 Å². The average Bonchev–Trinajstić information content (AvgIpc) is 3.75. The van der Waals surface area contributed by atoms with Crippen molar-refractivity contribution in [1.29, 1.82) is 0 Å². The molecule has 1 aliphatic heterocycles. The van der Waals surface area contributed by atoms with E-state index in [1.807, 2.05) is 48.5 Å². The molecular formula is C57H40N4O. The minimum Gasteiger partial charge on any atom is -0.455 e. The normalized spacial score (nSPS) is 13.6. The molecule has 0 saturated carbocycles. The Labute approximate surface area is 360 Å². The molecule has 294 valence electrons. The van der Waals surface area contributed by atoms with E-state index in [4.69, 9.17) is 14.4 Å². The highest BCUT2D eigenvalue weighted by Crippen LogP contribution is 2.42. The van der Waals surface area contributed by atoms with Crippen LogP contribution in [0.2, 0.25) is 0 Å².